The number of hydrogen-bond donors (Lipinski definition) is 1. The van der Waals surface area contributed by atoms with Gasteiger partial charge in [0.15, 0.2) is 6.29 Å². The summed E-state index contributed by atoms with van der Waals surface area (Å²) >= 11 is 3.54. The first-order valence-corrected chi connectivity index (χ1v) is 8.26. The fourth-order valence-corrected chi connectivity index (χ4v) is 3.11. The van der Waals surface area contributed by atoms with Gasteiger partial charge in [-0.1, -0.05) is 22.0 Å². The Balaban J connectivity index is 1.85. The van der Waals surface area contributed by atoms with Gasteiger partial charge in [-0.05, 0) is 56.4 Å². The Labute approximate surface area is 130 Å². The lowest BCUT2D eigenvalue weighted by Crippen LogP contribution is -2.41. The normalized spacial score (nSPS) is 18.3. The molecule has 0 amide bonds. The van der Waals surface area contributed by atoms with Crippen molar-refractivity contribution in [3.8, 4) is 0 Å². The molecule has 1 aliphatic carbocycles. The van der Waals surface area contributed by atoms with Crippen LogP contribution in [0.1, 0.15) is 31.4 Å². The van der Waals surface area contributed by atoms with Crippen LogP contribution in [0, 0.1) is 0 Å². The zero-order valence-corrected chi connectivity index (χ0v) is 13.9. The topological polar surface area (TPSA) is 30.5 Å². The highest BCUT2D eigenvalue weighted by Crippen LogP contribution is 2.24. The molecule has 2 rings (SSSR count). The summed E-state index contributed by atoms with van der Waals surface area (Å²) in [5.74, 6) is 0. The van der Waals surface area contributed by atoms with E-state index in [9.17, 15) is 0 Å². The van der Waals surface area contributed by atoms with Crippen LogP contribution in [0.3, 0.4) is 0 Å². The third-order valence-electron chi connectivity index (χ3n) is 3.68. The average Bonchev–Trinajstić information content (AvgIpc) is 2.45. The molecule has 3 nitrogen and oxygen atoms in total. The first-order valence-electron chi connectivity index (χ1n) is 7.46. The number of benzene rings is 1. The Hall–Kier alpha value is -0.420. The van der Waals surface area contributed by atoms with Gasteiger partial charge >= 0.3 is 0 Å². The highest BCUT2D eigenvalue weighted by Gasteiger charge is 2.19. The predicted molar refractivity (Wildman–Crippen MR) is 85.0 cm³/mol. The molecular weight excluding hydrogens is 318 g/mol. The molecule has 1 unspecified atom stereocenters. The molecular formula is C16H24BrNO2. The van der Waals surface area contributed by atoms with E-state index in [1.165, 1.54) is 22.0 Å². The van der Waals surface area contributed by atoms with E-state index in [0.717, 1.165) is 19.4 Å². The lowest BCUT2D eigenvalue weighted by atomic mass is 9.88. The molecule has 0 saturated heterocycles. The van der Waals surface area contributed by atoms with Crippen LogP contribution >= 0.6 is 15.9 Å². The number of fused-ring (bicyclic) bond motifs is 1. The molecule has 0 bridgehead atoms. The molecule has 1 aromatic rings. The van der Waals surface area contributed by atoms with Gasteiger partial charge in [0.05, 0.1) is 0 Å². The number of hydrogen-bond acceptors (Lipinski definition) is 3. The molecule has 0 radical (unpaired) electrons. The summed E-state index contributed by atoms with van der Waals surface area (Å²) in [4.78, 5) is 0. The number of aryl methyl sites for hydroxylation is 1. The van der Waals surface area contributed by atoms with E-state index in [4.69, 9.17) is 9.47 Å². The maximum Gasteiger partial charge on any atom is 0.169 e. The van der Waals surface area contributed by atoms with Crippen molar-refractivity contribution < 1.29 is 9.47 Å². The van der Waals surface area contributed by atoms with Gasteiger partial charge in [-0.2, -0.15) is 0 Å². The van der Waals surface area contributed by atoms with Crippen LogP contribution in [0.15, 0.2) is 22.7 Å². The maximum absolute atomic E-state index is 5.57. The lowest BCUT2D eigenvalue weighted by molar-refractivity contribution is -0.133. The Morgan fingerprint density at radius 3 is 2.70 bits per heavy atom. The molecule has 0 spiro atoms. The molecule has 0 saturated carbocycles. The van der Waals surface area contributed by atoms with Gasteiger partial charge in [-0.25, -0.2) is 0 Å². The van der Waals surface area contributed by atoms with E-state index in [1.54, 1.807) is 0 Å². The zero-order valence-electron chi connectivity index (χ0n) is 12.3. The van der Waals surface area contributed by atoms with Crippen LogP contribution in [-0.2, 0) is 22.3 Å². The second-order valence-corrected chi connectivity index (χ2v) is 6.02. The van der Waals surface area contributed by atoms with Crippen LogP contribution in [0.2, 0.25) is 0 Å². The van der Waals surface area contributed by atoms with Gasteiger partial charge < -0.3 is 14.8 Å². The summed E-state index contributed by atoms with van der Waals surface area (Å²) in [5.41, 5.74) is 2.94. The monoisotopic (exact) mass is 341 g/mol. The van der Waals surface area contributed by atoms with Crippen molar-refractivity contribution in [3.05, 3.63) is 33.8 Å². The van der Waals surface area contributed by atoms with Crippen LogP contribution in [0.5, 0.6) is 0 Å². The molecule has 1 aromatic carbocycles. The minimum Gasteiger partial charge on any atom is -0.352 e. The summed E-state index contributed by atoms with van der Waals surface area (Å²) in [7, 11) is 0. The summed E-state index contributed by atoms with van der Waals surface area (Å²) in [6.07, 6.45) is 3.28. The lowest BCUT2D eigenvalue weighted by Gasteiger charge is -2.27. The van der Waals surface area contributed by atoms with E-state index < -0.39 is 0 Å². The van der Waals surface area contributed by atoms with E-state index in [1.807, 2.05) is 13.8 Å². The fourth-order valence-electron chi connectivity index (χ4n) is 2.70. The molecule has 0 aliphatic heterocycles. The number of halogens is 1. The molecule has 112 valence electrons. The van der Waals surface area contributed by atoms with Crippen LogP contribution in [0.4, 0.5) is 0 Å². The van der Waals surface area contributed by atoms with Crippen molar-refractivity contribution in [3.63, 3.8) is 0 Å². The van der Waals surface area contributed by atoms with Crippen molar-refractivity contribution in [2.45, 2.75) is 45.4 Å². The molecule has 0 aromatic heterocycles. The van der Waals surface area contributed by atoms with Gasteiger partial charge in [0.2, 0.25) is 0 Å². The quantitative estimate of drug-likeness (QED) is 0.772. The summed E-state index contributed by atoms with van der Waals surface area (Å²) in [6, 6.07) is 7.13. The standard InChI is InChI=1S/C16H24BrNO2/c1-3-19-16(20-4-2)11-18-15-8-6-12-9-14(17)7-5-13(12)10-15/h5,7,9,15-16,18H,3-4,6,8,10-11H2,1-2H3. The third-order valence-corrected chi connectivity index (χ3v) is 4.17. The second-order valence-electron chi connectivity index (χ2n) is 5.10. The maximum atomic E-state index is 5.57. The van der Waals surface area contributed by atoms with Crippen molar-refractivity contribution >= 4 is 15.9 Å². The minimum atomic E-state index is -0.128. The van der Waals surface area contributed by atoms with E-state index >= 15 is 0 Å². The molecule has 0 heterocycles. The van der Waals surface area contributed by atoms with Gasteiger partial charge in [0, 0.05) is 30.3 Å². The van der Waals surface area contributed by atoms with Crippen molar-refractivity contribution in [1.29, 1.82) is 0 Å². The second kappa shape index (κ2) is 8.13. The van der Waals surface area contributed by atoms with Crippen molar-refractivity contribution in [1.82, 2.24) is 5.32 Å². The molecule has 1 atom stereocenters. The third kappa shape index (κ3) is 4.55. The minimum absolute atomic E-state index is 0.128. The zero-order chi connectivity index (χ0) is 14.4. The Kier molecular flexibility index (Phi) is 6.49. The average molecular weight is 342 g/mol. The fraction of sp³-hybridized carbons (Fsp3) is 0.625. The highest BCUT2D eigenvalue weighted by molar-refractivity contribution is 9.10. The molecule has 20 heavy (non-hydrogen) atoms. The SMILES string of the molecule is CCOC(CNC1CCc2cc(Br)ccc2C1)OCC. The summed E-state index contributed by atoms with van der Waals surface area (Å²) in [5, 5.41) is 3.59. The first-order chi connectivity index (χ1) is 9.72. The smallest absolute Gasteiger partial charge is 0.169 e. The first kappa shape index (κ1) is 16.0. The Morgan fingerprint density at radius 2 is 2.00 bits per heavy atom. The largest absolute Gasteiger partial charge is 0.352 e. The van der Waals surface area contributed by atoms with Crippen LogP contribution < -0.4 is 5.32 Å². The van der Waals surface area contributed by atoms with Crippen molar-refractivity contribution in [2.24, 2.45) is 0 Å². The van der Waals surface area contributed by atoms with E-state index in [2.05, 4.69) is 39.4 Å². The number of nitrogens with one attached hydrogen (secondary N) is 1. The van der Waals surface area contributed by atoms with Gasteiger partial charge in [-0.3, -0.25) is 0 Å². The summed E-state index contributed by atoms with van der Waals surface area (Å²) < 4.78 is 12.3. The van der Waals surface area contributed by atoms with E-state index in [0.29, 0.717) is 19.3 Å². The molecule has 4 heteroatoms. The summed E-state index contributed by atoms with van der Waals surface area (Å²) in [6.45, 7) is 6.14. The van der Waals surface area contributed by atoms with Gasteiger partial charge in [0.25, 0.3) is 0 Å². The Morgan fingerprint density at radius 1 is 1.25 bits per heavy atom. The van der Waals surface area contributed by atoms with Crippen LogP contribution in [-0.4, -0.2) is 32.1 Å². The van der Waals surface area contributed by atoms with Gasteiger partial charge in [0.1, 0.15) is 0 Å². The molecule has 0 fully saturated rings. The van der Waals surface area contributed by atoms with Crippen molar-refractivity contribution in [2.75, 3.05) is 19.8 Å². The van der Waals surface area contributed by atoms with E-state index in [-0.39, 0.29) is 6.29 Å². The number of rotatable bonds is 7. The van der Waals surface area contributed by atoms with Crippen LogP contribution in [0.25, 0.3) is 0 Å². The molecule has 1 aliphatic rings. The highest BCUT2D eigenvalue weighted by atomic mass is 79.9. The Bertz CT molecular complexity index is 419. The number of ether oxygens (including phenoxy) is 2. The molecule has 1 N–H and O–H groups in total. The predicted octanol–water partition coefficient (Wildman–Crippen LogP) is 3.30. The van der Waals surface area contributed by atoms with Gasteiger partial charge in [-0.15, -0.1) is 0 Å².